The molecule has 0 aromatic rings. The van der Waals surface area contributed by atoms with Crippen LogP contribution in [0.1, 0.15) is 13.3 Å². The van der Waals surface area contributed by atoms with Crippen LogP contribution in [-0.2, 0) is 9.53 Å². The normalized spacial score (nSPS) is 20.1. The molecule has 0 aromatic heterocycles. The fourth-order valence-corrected chi connectivity index (χ4v) is 1.15. The minimum atomic E-state index is -0.252. The lowest BCUT2D eigenvalue weighted by Gasteiger charge is -2.38. The van der Waals surface area contributed by atoms with Gasteiger partial charge in [0.2, 0.25) is 5.91 Å². The van der Waals surface area contributed by atoms with Crippen molar-refractivity contribution in [2.24, 2.45) is 11.1 Å². The Morgan fingerprint density at radius 3 is 2.75 bits per heavy atom. The van der Waals surface area contributed by atoms with E-state index in [1.54, 1.807) is 0 Å². The average Bonchev–Trinajstić information content (AvgIpc) is 1.94. The Labute approximate surface area is 72.5 Å². The maximum absolute atomic E-state index is 10.4. The Balaban J connectivity index is 1.98. The van der Waals surface area contributed by atoms with E-state index in [1.165, 1.54) is 0 Å². The minimum absolute atomic E-state index is 0.252. The molecule has 4 heteroatoms. The van der Waals surface area contributed by atoms with Crippen molar-refractivity contribution >= 4 is 5.91 Å². The molecule has 0 saturated carbocycles. The van der Waals surface area contributed by atoms with Crippen LogP contribution in [0, 0.1) is 5.41 Å². The maximum Gasteiger partial charge on any atom is 0.218 e. The topological polar surface area (TPSA) is 64.3 Å². The molecule has 1 aliphatic heterocycles. The van der Waals surface area contributed by atoms with E-state index in [9.17, 15) is 4.79 Å². The zero-order chi connectivity index (χ0) is 9.03. The zero-order valence-electron chi connectivity index (χ0n) is 7.43. The highest BCUT2D eigenvalue weighted by atomic mass is 16.5. The highest BCUT2D eigenvalue weighted by molar-refractivity contribution is 5.73. The SMILES string of the molecule is CC1(CNCCC(N)=O)COC1. The van der Waals surface area contributed by atoms with Crippen LogP contribution in [0.15, 0.2) is 0 Å². The number of hydrogen-bond donors (Lipinski definition) is 2. The number of carbonyl (C=O) groups excluding carboxylic acids is 1. The van der Waals surface area contributed by atoms with E-state index in [-0.39, 0.29) is 11.3 Å². The molecule has 0 aliphatic carbocycles. The molecule has 0 unspecified atom stereocenters. The molecule has 0 atom stereocenters. The number of nitrogens with two attached hydrogens (primary N) is 1. The first kappa shape index (κ1) is 9.48. The largest absolute Gasteiger partial charge is 0.380 e. The van der Waals surface area contributed by atoms with E-state index in [1.807, 2.05) is 0 Å². The van der Waals surface area contributed by atoms with Crippen molar-refractivity contribution in [1.29, 1.82) is 0 Å². The molecular formula is C8H16N2O2. The van der Waals surface area contributed by atoms with E-state index in [2.05, 4.69) is 12.2 Å². The second-order valence-electron chi connectivity index (χ2n) is 3.70. The molecule has 1 fully saturated rings. The van der Waals surface area contributed by atoms with Crippen molar-refractivity contribution < 1.29 is 9.53 Å². The molecule has 0 radical (unpaired) electrons. The molecule has 0 bridgehead atoms. The van der Waals surface area contributed by atoms with Crippen molar-refractivity contribution in [3.8, 4) is 0 Å². The van der Waals surface area contributed by atoms with Crippen LogP contribution < -0.4 is 11.1 Å². The number of primary amides is 1. The van der Waals surface area contributed by atoms with Crippen LogP contribution in [-0.4, -0.2) is 32.2 Å². The summed E-state index contributed by atoms with van der Waals surface area (Å²) in [4.78, 5) is 10.4. The lowest BCUT2D eigenvalue weighted by Crippen LogP contribution is -2.47. The van der Waals surface area contributed by atoms with E-state index in [0.29, 0.717) is 13.0 Å². The van der Waals surface area contributed by atoms with Gasteiger partial charge in [-0.2, -0.15) is 0 Å². The van der Waals surface area contributed by atoms with E-state index in [0.717, 1.165) is 19.8 Å². The van der Waals surface area contributed by atoms with Crippen molar-refractivity contribution in [3.05, 3.63) is 0 Å². The minimum Gasteiger partial charge on any atom is -0.380 e. The summed E-state index contributed by atoms with van der Waals surface area (Å²) in [7, 11) is 0. The van der Waals surface area contributed by atoms with Crippen LogP contribution in [0.3, 0.4) is 0 Å². The molecule has 1 aliphatic rings. The van der Waals surface area contributed by atoms with Gasteiger partial charge < -0.3 is 15.8 Å². The van der Waals surface area contributed by atoms with E-state index in [4.69, 9.17) is 10.5 Å². The second kappa shape index (κ2) is 3.87. The summed E-state index contributed by atoms with van der Waals surface area (Å²) in [5, 5.41) is 3.18. The van der Waals surface area contributed by atoms with Crippen LogP contribution in [0.2, 0.25) is 0 Å². The highest BCUT2D eigenvalue weighted by Crippen LogP contribution is 2.24. The molecule has 12 heavy (non-hydrogen) atoms. The molecule has 4 nitrogen and oxygen atoms in total. The first-order valence-electron chi connectivity index (χ1n) is 4.19. The predicted octanol–water partition coefficient (Wildman–Crippen LogP) is -0.512. The van der Waals surface area contributed by atoms with Gasteiger partial charge in [-0.15, -0.1) is 0 Å². The van der Waals surface area contributed by atoms with Crippen LogP contribution in [0.4, 0.5) is 0 Å². The molecule has 1 heterocycles. The van der Waals surface area contributed by atoms with Crippen LogP contribution in [0.25, 0.3) is 0 Å². The van der Waals surface area contributed by atoms with Gasteiger partial charge >= 0.3 is 0 Å². The molecule has 1 saturated heterocycles. The van der Waals surface area contributed by atoms with Gasteiger partial charge in [0.15, 0.2) is 0 Å². The molecule has 3 N–H and O–H groups in total. The summed E-state index contributed by atoms with van der Waals surface area (Å²) in [6, 6.07) is 0. The van der Waals surface area contributed by atoms with Gasteiger partial charge in [0, 0.05) is 24.9 Å². The fourth-order valence-electron chi connectivity index (χ4n) is 1.15. The van der Waals surface area contributed by atoms with Gasteiger partial charge in [0.05, 0.1) is 13.2 Å². The number of nitrogens with one attached hydrogen (secondary N) is 1. The molecular weight excluding hydrogens is 156 g/mol. The summed E-state index contributed by atoms with van der Waals surface area (Å²) < 4.78 is 5.08. The Bertz CT molecular complexity index is 166. The molecule has 1 amide bonds. The van der Waals surface area contributed by atoms with E-state index >= 15 is 0 Å². The lowest BCUT2D eigenvalue weighted by molar-refractivity contribution is -0.118. The van der Waals surface area contributed by atoms with Gasteiger partial charge in [-0.25, -0.2) is 0 Å². The number of carbonyl (C=O) groups is 1. The number of amides is 1. The molecule has 0 aromatic carbocycles. The van der Waals surface area contributed by atoms with Crippen molar-refractivity contribution in [1.82, 2.24) is 5.32 Å². The van der Waals surface area contributed by atoms with Gasteiger partial charge in [-0.3, -0.25) is 4.79 Å². The summed E-state index contributed by atoms with van der Waals surface area (Å²) >= 11 is 0. The summed E-state index contributed by atoms with van der Waals surface area (Å²) in [6.07, 6.45) is 0.414. The van der Waals surface area contributed by atoms with Crippen molar-refractivity contribution in [2.45, 2.75) is 13.3 Å². The maximum atomic E-state index is 10.4. The summed E-state index contributed by atoms with van der Waals surface area (Å²) in [5.41, 5.74) is 5.26. The standard InChI is InChI=1S/C8H16N2O2/c1-8(5-12-6-8)4-10-3-2-7(9)11/h10H,2-6H2,1H3,(H2,9,11). The Hall–Kier alpha value is -0.610. The number of hydrogen-bond acceptors (Lipinski definition) is 3. The predicted molar refractivity (Wildman–Crippen MR) is 45.6 cm³/mol. The second-order valence-corrected chi connectivity index (χ2v) is 3.70. The summed E-state index contributed by atoms with van der Waals surface area (Å²) in [5.74, 6) is -0.252. The van der Waals surface area contributed by atoms with Gasteiger partial charge in [0.1, 0.15) is 0 Å². The highest BCUT2D eigenvalue weighted by Gasteiger charge is 2.32. The number of rotatable bonds is 5. The molecule has 0 spiro atoms. The van der Waals surface area contributed by atoms with Gasteiger partial charge in [0.25, 0.3) is 0 Å². The fraction of sp³-hybridized carbons (Fsp3) is 0.875. The smallest absolute Gasteiger partial charge is 0.218 e. The van der Waals surface area contributed by atoms with Gasteiger partial charge in [-0.1, -0.05) is 6.92 Å². The summed E-state index contributed by atoms with van der Waals surface area (Å²) in [6.45, 7) is 5.37. The first-order valence-corrected chi connectivity index (χ1v) is 4.19. The van der Waals surface area contributed by atoms with Crippen LogP contribution >= 0.6 is 0 Å². The Morgan fingerprint density at radius 1 is 1.67 bits per heavy atom. The third-order valence-corrected chi connectivity index (χ3v) is 2.00. The lowest BCUT2D eigenvalue weighted by atomic mass is 9.89. The van der Waals surface area contributed by atoms with E-state index < -0.39 is 0 Å². The van der Waals surface area contributed by atoms with Crippen LogP contribution in [0.5, 0.6) is 0 Å². The first-order chi connectivity index (χ1) is 5.62. The third-order valence-electron chi connectivity index (χ3n) is 2.00. The van der Waals surface area contributed by atoms with Crippen molar-refractivity contribution in [2.75, 3.05) is 26.3 Å². The Morgan fingerprint density at radius 2 is 2.33 bits per heavy atom. The third kappa shape index (κ3) is 2.79. The monoisotopic (exact) mass is 172 g/mol. The molecule has 1 rings (SSSR count). The van der Waals surface area contributed by atoms with Crippen molar-refractivity contribution in [3.63, 3.8) is 0 Å². The quantitative estimate of drug-likeness (QED) is 0.549. The number of ether oxygens (including phenoxy) is 1. The Kier molecular flexibility index (Phi) is 3.05. The van der Waals surface area contributed by atoms with Gasteiger partial charge in [-0.05, 0) is 0 Å². The molecule has 70 valence electrons. The average molecular weight is 172 g/mol. The zero-order valence-corrected chi connectivity index (χ0v) is 7.43.